The number of rotatable bonds is 5. The van der Waals surface area contributed by atoms with Crippen molar-refractivity contribution in [2.75, 3.05) is 0 Å². The monoisotopic (exact) mass is 814 g/mol. The molecule has 0 fully saturated rings. The fraction of sp³-hybridized carbons (Fsp3) is 0. The van der Waals surface area contributed by atoms with Gasteiger partial charge in [0.05, 0.1) is 44.1 Å². The Morgan fingerprint density at radius 2 is 0.469 bits per heavy atom. The van der Waals surface area contributed by atoms with Gasteiger partial charge in [-0.2, -0.15) is 0 Å². The van der Waals surface area contributed by atoms with Crippen molar-refractivity contribution in [1.29, 1.82) is 0 Å². The molecule has 4 heteroatoms. The van der Waals surface area contributed by atoms with Crippen molar-refractivity contribution in [2.45, 2.75) is 0 Å². The molecule has 14 aromatic rings. The van der Waals surface area contributed by atoms with Crippen LogP contribution in [-0.2, 0) is 0 Å². The van der Waals surface area contributed by atoms with E-state index in [4.69, 9.17) is 0 Å². The lowest BCUT2D eigenvalue weighted by molar-refractivity contribution is 1.15. The predicted octanol–water partition coefficient (Wildman–Crippen LogP) is 15.7. The van der Waals surface area contributed by atoms with Crippen molar-refractivity contribution >= 4 is 87.2 Å². The molecular formula is C60H38N4. The van der Waals surface area contributed by atoms with E-state index in [1.54, 1.807) is 0 Å². The number of fused-ring (bicyclic) bond motifs is 12. The molecule has 0 atom stereocenters. The Hall–Kier alpha value is -8.60. The number of para-hydroxylation sites is 6. The SMILES string of the molecule is c1ccc(-n2c3ccc(-c4ccc5c(c4)c4ccc(-n6c7ccccc7c7ccccc76)cc4n5-c4ccccc4)cc3c3ccc(-n4c5ccccc5c5ccccc54)cc32)cc1. The zero-order chi connectivity index (χ0) is 41.9. The molecule has 4 heterocycles. The third-order valence-electron chi connectivity index (χ3n) is 13.5. The summed E-state index contributed by atoms with van der Waals surface area (Å²) in [5, 5.41) is 9.96. The van der Waals surface area contributed by atoms with Gasteiger partial charge in [-0.05, 0) is 108 Å². The minimum Gasteiger partial charge on any atom is -0.309 e. The first-order valence-corrected chi connectivity index (χ1v) is 22.0. The summed E-state index contributed by atoms with van der Waals surface area (Å²) >= 11 is 0. The predicted molar refractivity (Wildman–Crippen MR) is 269 cm³/mol. The topological polar surface area (TPSA) is 19.7 Å². The third kappa shape index (κ3) is 4.99. The van der Waals surface area contributed by atoms with E-state index in [1.807, 2.05) is 0 Å². The van der Waals surface area contributed by atoms with Crippen LogP contribution in [0.25, 0.3) is 121 Å². The first-order chi connectivity index (χ1) is 31.8. The molecule has 0 aliphatic rings. The third-order valence-corrected chi connectivity index (χ3v) is 13.5. The minimum atomic E-state index is 1.14. The van der Waals surface area contributed by atoms with Gasteiger partial charge < -0.3 is 18.3 Å². The van der Waals surface area contributed by atoms with E-state index in [0.717, 1.165) is 22.7 Å². The van der Waals surface area contributed by atoms with Crippen molar-refractivity contribution in [3.63, 3.8) is 0 Å². The standard InChI is InChI=1S/C60H38N4/c1-3-15-41(16-4-1)61-57-33-27-39(35-51(57)49-31-29-43(37-59(49)61)63-53-23-11-7-19-45(53)46-20-8-12-24-54(46)63)40-28-34-58-52(36-40)50-32-30-44(38-60(50)62(58)42-17-5-2-6-18-42)64-55-25-13-9-21-47(55)48-22-10-14-26-56(48)64/h1-38H. The highest BCUT2D eigenvalue weighted by Gasteiger charge is 2.20. The Bertz CT molecular complexity index is 3800. The smallest absolute Gasteiger partial charge is 0.0561 e. The maximum atomic E-state index is 2.43. The molecule has 0 amide bonds. The van der Waals surface area contributed by atoms with Crippen LogP contribution in [-0.4, -0.2) is 18.3 Å². The summed E-state index contributed by atoms with van der Waals surface area (Å²) in [4.78, 5) is 0. The van der Waals surface area contributed by atoms with Crippen LogP contribution in [0, 0.1) is 0 Å². The molecule has 0 radical (unpaired) electrons. The van der Waals surface area contributed by atoms with Crippen LogP contribution in [0.15, 0.2) is 231 Å². The summed E-state index contributed by atoms with van der Waals surface area (Å²) in [6, 6.07) is 84.5. The van der Waals surface area contributed by atoms with Gasteiger partial charge in [-0.1, -0.05) is 133 Å². The molecule has 0 saturated heterocycles. The Morgan fingerprint density at radius 3 is 0.844 bits per heavy atom. The Balaban J connectivity index is 0.968. The quantitative estimate of drug-likeness (QED) is 0.165. The second-order valence-corrected chi connectivity index (χ2v) is 16.9. The van der Waals surface area contributed by atoms with Gasteiger partial charge in [0.1, 0.15) is 0 Å². The fourth-order valence-electron chi connectivity index (χ4n) is 10.8. The van der Waals surface area contributed by atoms with Crippen LogP contribution >= 0.6 is 0 Å². The molecule has 4 nitrogen and oxygen atoms in total. The van der Waals surface area contributed by atoms with Gasteiger partial charge >= 0.3 is 0 Å². The number of hydrogen-bond acceptors (Lipinski definition) is 0. The van der Waals surface area contributed by atoms with E-state index in [-0.39, 0.29) is 0 Å². The normalized spacial score (nSPS) is 12.1. The van der Waals surface area contributed by atoms with Crippen molar-refractivity contribution in [2.24, 2.45) is 0 Å². The van der Waals surface area contributed by atoms with Crippen molar-refractivity contribution in [3.05, 3.63) is 231 Å². The highest BCUT2D eigenvalue weighted by atomic mass is 15.0. The largest absolute Gasteiger partial charge is 0.309 e. The summed E-state index contributed by atoms with van der Waals surface area (Å²) in [7, 11) is 0. The summed E-state index contributed by atoms with van der Waals surface area (Å²) in [6.07, 6.45) is 0. The van der Waals surface area contributed by atoms with Gasteiger partial charge in [0.15, 0.2) is 0 Å². The zero-order valence-electron chi connectivity index (χ0n) is 34.7. The fourth-order valence-corrected chi connectivity index (χ4v) is 10.8. The number of benzene rings is 10. The van der Waals surface area contributed by atoms with Crippen molar-refractivity contribution < 1.29 is 0 Å². The van der Waals surface area contributed by atoms with E-state index in [9.17, 15) is 0 Å². The van der Waals surface area contributed by atoms with E-state index in [0.29, 0.717) is 0 Å². The van der Waals surface area contributed by atoms with E-state index < -0.39 is 0 Å². The maximum Gasteiger partial charge on any atom is 0.0561 e. The van der Waals surface area contributed by atoms with Gasteiger partial charge in [-0.3, -0.25) is 0 Å². The summed E-state index contributed by atoms with van der Waals surface area (Å²) in [5.74, 6) is 0. The lowest BCUT2D eigenvalue weighted by Crippen LogP contribution is -1.96. The number of hydrogen-bond donors (Lipinski definition) is 0. The van der Waals surface area contributed by atoms with Gasteiger partial charge in [0, 0.05) is 65.8 Å². The number of nitrogens with zero attached hydrogens (tertiary/aromatic N) is 4. The molecule has 10 aromatic carbocycles. The molecule has 64 heavy (non-hydrogen) atoms. The summed E-state index contributed by atoms with van der Waals surface area (Å²) in [6.45, 7) is 0. The zero-order valence-corrected chi connectivity index (χ0v) is 34.7. The van der Waals surface area contributed by atoms with E-state index in [1.165, 1.54) is 98.4 Å². The molecule has 0 spiro atoms. The van der Waals surface area contributed by atoms with Gasteiger partial charge in [-0.15, -0.1) is 0 Å². The van der Waals surface area contributed by atoms with Crippen molar-refractivity contribution in [3.8, 4) is 33.9 Å². The molecule has 298 valence electrons. The second kappa shape index (κ2) is 13.4. The lowest BCUT2D eigenvalue weighted by Gasteiger charge is -2.11. The first kappa shape index (κ1) is 35.0. The molecule has 4 aromatic heterocycles. The van der Waals surface area contributed by atoms with Crippen LogP contribution in [0.1, 0.15) is 0 Å². The Morgan fingerprint density at radius 1 is 0.172 bits per heavy atom. The molecule has 0 N–H and O–H groups in total. The molecular weight excluding hydrogens is 777 g/mol. The molecule has 0 aliphatic heterocycles. The lowest BCUT2D eigenvalue weighted by atomic mass is 10.0. The molecule has 0 unspecified atom stereocenters. The van der Waals surface area contributed by atoms with Crippen LogP contribution in [0.4, 0.5) is 0 Å². The van der Waals surface area contributed by atoms with Crippen molar-refractivity contribution in [1.82, 2.24) is 18.3 Å². The van der Waals surface area contributed by atoms with E-state index in [2.05, 4.69) is 249 Å². The molecule has 0 saturated carbocycles. The van der Waals surface area contributed by atoms with Gasteiger partial charge in [-0.25, -0.2) is 0 Å². The minimum absolute atomic E-state index is 1.14. The average molecular weight is 815 g/mol. The second-order valence-electron chi connectivity index (χ2n) is 16.9. The molecule has 0 bridgehead atoms. The highest BCUT2D eigenvalue weighted by molar-refractivity contribution is 6.15. The first-order valence-electron chi connectivity index (χ1n) is 22.0. The molecule has 0 aliphatic carbocycles. The summed E-state index contributed by atoms with van der Waals surface area (Å²) in [5.41, 5.74) is 16.5. The number of aromatic nitrogens is 4. The maximum absolute atomic E-state index is 2.43. The van der Waals surface area contributed by atoms with Crippen LogP contribution in [0.5, 0.6) is 0 Å². The van der Waals surface area contributed by atoms with Gasteiger partial charge in [0.25, 0.3) is 0 Å². The Kier molecular flexibility index (Phi) is 7.36. The van der Waals surface area contributed by atoms with Gasteiger partial charge in [0.2, 0.25) is 0 Å². The average Bonchev–Trinajstić information content (AvgIpc) is 4.08. The van der Waals surface area contributed by atoms with Crippen LogP contribution in [0.2, 0.25) is 0 Å². The highest BCUT2D eigenvalue weighted by Crippen LogP contribution is 2.41. The van der Waals surface area contributed by atoms with Crippen LogP contribution in [0.3, 0.4) is 0 Å². The van der Waals surface area contributed by atoms with Crippen LogP contribution < -0.4 is 0 Å². The Labute approximate surface area is 368 Å². The van der Waals surface area contributed by atoms with E-state index >= 15 is 0 Å². The molecule has 14 rings (SSSR count). The summed E-state index contributed by atoms with van der Waals surface area (Å²) < 4.78 is 9.68.